The molecule has 1 N–H and O–H groups in total. The molecular formula is C21H30N5OS+. The van der Waals surface area contributed by atoms with E-state index >= 15 is 0 Å². The number of amides is 1. The molecule has 2 aliphatic heterocycles. The lowest BCUT2D eigenvalue weighted by atomic mass is 10.2. The molecule has 1 fully saturated rings. The Morgan fingerprint density at radius 2 is 1.89 bits per heavy atom. The maximum absolute atomic E-state index is 13.0. The van der Waals surface area contributed by atoms with E-state index in [2.05, 4.69) is 45.1 Å². The second kappa shape index (κ2) is 9.09. The fourth-order valence-electron chi connectivity index (χ4n) is 4.12. The molecule has 0 bridgehead atoms. The Morgan fingerprint density at radius 1 is 1.11 bits per heavy atom. The van der Waals surface area contributed by atoms with Crippen LogP contribution in [0.4, 0.5) is 0 Å². The molecule has 1 atom stereocenters. The SMILES string of the molecule is C[C@@H](Sc1nnc2n1CCCCC2)C(=O)N1CC[NH+](Cc2ccccc2)CC1. The quantitative estimate of drug-likeness (QED) is 0.771. The molecule has 2 aromatic rings. The lowest BCUT2D eigenvalue weighted by molar-refractivity contribution is -0.917. The summed E-state index contributed by atoms with van der Waals surface area (Å²) in [7, 11) is 0. The fraction of sp³-hybridized carbons (Fsp3) is 0.571. The minimum atomic E-state index is -0.118. The summed E-state index contributed by atoms with van der Waals surface area (Å²) in [5, 5.41) is 9.51. The number of hydrogen-bond donors (Lipinski definition) is 1. The number of hydrogen-bond acceptors (Lipinski definition) is 4. The average Bonchev–Trinajstić information content (AvgIpc) is 2.95. The zero-order chi connectivity index (χ0) is 19.3. The smallest absolute Gasteiger partial charge is 0.236 e. The molecule has 0 unspecified atom stereocenters. The number of carbonyl (C=O) groups excluding carboxylic acids is 1. The van der Waals surface area contributed by atoms with Gasteiger partial charge in [-0.1, -0.05) is 48.5 Å². The molecule has 3 heterocycles. The Hall–Kier alpha value is -1.86. The van der Waals surface area contributed by atoms with Crippen molar-refractivity contribution in [2.45, 2.75) is 56.1 Å². The Morgan fingerprint density at radius 3 is 2.68 bits per heavy atom. The zero-order valence-electron chi connectivity index (χ0n) is 16.6. The molecule has 0 spiro atoms. The Balaban J connectivity index is 1.30. The van der Waals surface area contributed by atoms with E-state index in [9.17, 15) is 4.79 Å². The van der Waals surface area contributed by atoms with Gasteiger partial charge in [0, 0.05) is 18.5 Å². The van der Waals surface area contributed by atoms with Gasteiger partial charge in [0.25, 0.3) is 0 Å². The van der Waals surface area contributed by atoms with E-state index < -0.39 is 0 Å². The summed E-state index contributed by atoms with van der Waals surface area (Å²) in [4.78, 5) is 16.6. The first-order valence-corrected chi connectivity index (χ1v) is 11.3. The van der Waals surface area contributed by atoms with Crippen molar-refractivity contribution in [2.24, 2.45) is 0 Å². The van der Waals surface area contributed by atoms with Crippen LogP contribution in [-0.2, 0) is 24.3 Å². The highest BCUT2D eigenvalue weighted by Gasteiger charge is 2.29. The molecule has 1 aromatic heterocycles. The predicted octanol–water partition coefficient (Wildman–Crippen LogP) is 1.41. The van der Waals surface area contributed by atoms with Gasteiger partial charge >= 0.3 is 0 Å². The summed E-state index contributed by atoms with van der Waals surface area (Å²) in [6.07, 6.45) is 4.61. The van der Waals surface area contributed by atoms with Gasteiger partial charge in [-0.3, -0.25) is 4.79 Å². The molecular weight excluding hydrogens is 370 g/mol. The van der Waals surface area contributed by atoms with Gasteiger partial charge in [-0.05, 0) is 19.8 Å². The standard InChI is InChI=1S/C21H29N5OS/c1-17(28-21-23-22-19-10-6-3-7-11-26(19)21)20(27)25-14-12-24(13-15-25)16-18-8-4-2-5-9-18/h2,4-5,8-9,17H,3,6-7,10-16H2,1H3/p+1/t17-/m1/s1. The van der Waals surface area contributed by atoms with Gasteiger partial charge in [-0.25, -0.2) is 0 Å². The first-order chi connectivity index (χ1) is 13.7. The third-order valence-corrected chi connectivity index (χ3v) is 6.85. The number of thioether (sulfide) groups is 1. The molecule has 7 heteroatoms. The summed E-state index contributed by atoms with van der Waals surface area (Å²) < 4.78 is 2.23. The first kappa shape index (κ1) is 19.5. The molecule has 1 aromatic carbocycles. The average molecular weight is 401 g/mol. The largest absolute Gasteiger partial charge is 0.330 e. The molecule has 150 valence electrons. The Labute approximate surface area is 171 Å². The van der Waals surface area contributed by atoms with Gasteiger partial charge in [0.2, 0.25) is 5.91 Å². The van der Waals surface area contributed by atoms with Crippen LogP contribution in [-0.4, -0.2) is 57.0 Å². The van der Waals surface area contributed by atoms with Gasteiger partial charge in [0.1, 0.15) is 12.4 Å². The molecule has 4 rings (SSSR count). The van der Waals surface area contributed by atoms with Gasteiger partial charge < -0.3 is 14.4 Å². The van der Waals surface area contributed by atoms with E-state index in [1.54, 1.807) is 16.7 Å². The number of piperazine rings is 1. The number of carbonyl (C=O) groups is 1. The predicted molar refractivity (Wildman–Crippen MR) is 110 cm³/mol. The van der Waals surface area contributed by atoms with Crippen molar-refractivity contribution in [1.82, 2.24) is 19.7 Å². The van der Waals surface area contributed by atoms with Crippen LogP contribution < -0.4 is 4.90 Å². The summed E-state index contributed by atoms with van der Waals surface area (Å²) in [6.45, 7) is 7.73. The van der Waals surface area contributed by atoms with Crippen molar-refractivity contribution in [2.75, 3.05) is 26.2 Å². The monoisotopic (exact) mass is 400 g/mol. The minimum absolute atomic E-state index is 0.118. The summed E-state index contributed by atoms with van der Waals surface area (Å²) in [6, 6.07) is 10.6. The fourth-order valence-corrected chi connectivity index (χ4v) is 5.09. The minimum Gasteiger partial charge on any atom is -0.330 e. The lowest BCUT2D eigenvalue weighted by Gasteiger charge is -2.33. The van der Waals surface area contributed by atoms with Gasteiger partial charge in [0.05, 0.1) is 31.4 Å². The molecule has 0 radical (unpaired) electrons. The highest BCUT2D eigenvalue weighted by atomic mass is 32.2. The molecule has 1 amide bonds. The number of nitrogens with one attached hydrogen (secondary N) is 1. The van der Waals surface area contributed by atoms with E-state index in [0.717, 1.165) is 56.7 Å². The van der Waals surface area contributed by atoms with Crippen molar-refractivity contribution < 1.29 is 9.69 Å². The number of quaternary nitrogens is 1. The number of fused-ring (bicyclic) bond motifs is 1. The number of aryl methyl sites for hydroxylation is 1. The van der Waals surface area contributed by atoms with Crippen molar-refractivity contribution in [1.29, 1.82) is 0 Å². The first-order valence-electron chi connectivity index (χ1n) is 10.5. The molecule has 1 saturated heterocycles. The molecule has 28 heavy (non-hydrogen) atoms. The van der Waals surface area contributed by atoms with Crippen LogP contribution >= 0.6 is 11.8 Å². The summed E-state index contributed by atoms with van der Waals surface area (Å²) in [5.41, 5.74) is 1.37. The van der Waals surface area contributed by atoms with Crippen LogP contribution in [0.15, 0.2) is 35.5 Å². The maximum Gasteiger partial charge on any atom is 0.236 e. The van der Waals surface area contributed by atoms with Crippen LogP contribution in [0.2, 0.25) is 0 Å². The van der Waals surface area contributed by atoms with E-state index in [0.29, 0.717) is 0 Å². The van der Waals surface area contributed by atoms with Crippen LogP contribution in [0.3, 0.4) is 0 Å². The Bertz CT molecular complexity index is 785. The molecule has 2 aliphatic rings. The molecule has 6 nitrogen and oxygen atoms in total. The van der Waals surface area contributed by atoms with Crippen molar-refractivity contribution in [3.05, 3.63) is 41.7 Å². The molecule has 0 saturated carbocycles. The number of rotatable bonds is 5. The van der Waals surface area contributed by atoms with E-state index in [-0.39, 0.29) is 11.2 Å². The van der Waals surface area contributed by atoms with Gasteiger partial charge in [0.15, 0.2) is 5.16 Å². The third-order valence-electron chi connectivity index (χ3n) is 5.78. The summed E-state index contributed by atoms with van der Waals surface area (Å²) in [5.74, 6) is 1.31. The highest BCUT2D eigenvalue weighted by Crippen LogP contribution is 2.26. The van der Waals surface area contributed by atoms with Crippen molar-refractivity contribution in [3.63, 3.8) is 0 Å². The van der Waals surface area contributed by atoms with Crippen molar-refractivity contribution >= 4 is 17.7 Å². The van der Waals surface area contributed by atoms with Gasteiger partial charge in [-0.15, -0.1) is 10.2 Å². The van der Waals surface area contributed by atoms with Crippen molar-refractivity contribution in [3.8, 4) is 0 Å². The van der Waals surface area contributed by atoms with E-state index in [1.807, 2.05) is 11.8 Å². The second-order valence-electron chi connectivity index (χ2n) is 7.86. The zero-order valence-corrected chi connectivity index (χ0v) is 17.5. The molecule has 0 aliphatic carbocycles. The topological polar surface area (TPSA) is 55.5 Å². The normalized spacial score (nSPS) is 19.1. The van der Waals surface area contributed by atoms with E-state index in [4.69, 9.17) is 0 Å². The van der Waals surface area contributed by atoms with Gasteiger partial charge in [-0.2, -0.15) is 0 Å². The van der Waals surface area contributed by atoms with Crippen LogP contribution in [0.1, 0.15) is 37.6 Å². The third kappa shape index (κ3) is 4.58. The number of nitrogens with zero attached hydrogens (tertiary/aromatic N) is 4. The lowest BCUT2D eigenvalue weighted by Crippen LogP contribution is -3.13. The van der Waals surface area contributed by atoms with Crippen LogP contribution in [0.5, 0.6) is 0 Å². The van der Waals surface area contributed by atoms with Crippen LogP contribution in [0.25, 0.3) is 0 Å². The highest BCUT2D eigenvalue weighted by molar-refractivity contribution is 8.00. The van der Waals surface area contributed by atoms with E-state index in [1.165, 1.54) is 24.8 Å². The number of aromatic nitrogens is 3. The van der Waals surface area contributed by atoms with Crippen LogP contribution in [0, 0.1) is 0 Å². The number of benzene rings is 1. The Kier molecular flexibility index (Phi) is 6.32. The maximum atomic E-state index is 13.0. The second-order valence-corrected chi connectivity index (χ2v) is 9.17. The summed E-state index contributed by atoms with van der Waals surface area (Å²) >= 11 is 1.57.